The molecule has 4 rings (SSSR count). The average molecular weight is 457 g/mol. The quantitative estimate of drug-likeness (QED) is 0.501. The molecule has 178 valence electrons. The lowest BCUT2D eigenvalue weighted by molar-refractivity contribution is -0.177. The molecule has 2 aliphatic heterocycles. The van der Waals surface area contributed by atoms with E-state index in [0.717, 1.165) is 6.07 Å². The molecule has 0 spiro atoms. The first-order chi connectivity index (χ1) is 15.1. The van der Waals surface area contributed by atoms with Crippen LogP contribution in [-0.4, -0.2) is 33.3 Å². The van der Waals surface area contributed by atoms with E-state index >= 15 is 0 Å². The van der Waals surface area contributed by atoms with Crippen LogP contribution in [0.5, 0.6) is 17.2 Å². The number of ketones is 3. The van der Waals surface area contributed by atoms with E-state index in [1.54, 1.807) is 27.7 Å². The highest BCUT2D eigenvalue weighted by molar-refractivity contribution is 6.20. The average Bonchev–Trinajstić information content (AvgIpc) is 3.18. The molecule has 0 saturated carbocycles. The Kier molecular flexibility index (Phi) is 4.84. The number of carbonyl (C=O) groups is 3. The zero-order valence-electron chi connectivity index (χ0n) is 20.5. The van der Waals surface area contributed by atoms with Crippen LogP contribution < -0.4 is 4.74 Å². The summed E-state index contributed by atoms with van der Waals surface area (Å²) in [7, 11) is 0. The van der Waals surface area contributed by atoms with E-state index in [-0.39, 0.29) is 69.7 Å². The Bertz CT molecular complexity index is 1140. The van der Waals surface area contributed by atoms with Gasteiger partial charge in [0.25, 0.3) is 5.79 Å². The van der Waals surface area contributed by atoms with Gasteiger partial charge in [0.1, 0.15) is 34.5 Å². The van der Waals surface area contributed by atoms with Gasteiger partial charge < -0.3 is 19.7 Å². The maximum Gasteiger partial charge on any atom is 0.264 e. The summed E-state index contributed by atoms with van der Waals surface area (Å²) in [6, 6.07) is 1.12. The summed E-state index contributed by atoms with van der Waals surface area (Å²) in [5, 5.41) is 21.5. The van der Waals surface area contributed by atoms with Crippen molar-refractivity contribution >= 4 is 17.3 Å². The molecule has 33 heavy (non-hydrogen) atoms. The normalized spacial score (nSPS) is 26.8. The zero-order valence-corrected chi connectivity index (χ0v) is 20.5. The molecule has 0 fully saturated rings. The van der Waals surface area contributed by atoms with Gasteiger partial charge in [-0.1, -0.05) is 27.7 Å². The number of Topliss-reactive ketones (excluding diaryl/α,β-unsaturated/α-hetero) is 3. The Morgan fingerprint density at radius 3 is 2.15 bits per heavy atom. The van der Waals surface area contributed by atoms with Crippen molar-refractivity contribution in [2.45, 2.75) is 73.5 Å². The Labute approximate surface area is 193 Å². The van der Waals surface area contributed by atoms with Crippen molar-refractivity contribution in [3.63, 3.8) is 0 Å². The van der Waals surface area contributed by atoms with Gasteiger partial charge in [0, 0.05) is 18.4 Å². The summed E-state index contributed by atoms with van der Waals surface area (Å²) in [6.07, 6.45) is 0.176. The van der Waals surface area contributed by atoms with Crippen molar-refractivity contribution < 1.29 is 34.1 Å². The SMILES string of the molecule is CC(C)CC(=O)c1c(O)cc(O)c2c1OC1(C(C)C)OC3=C(C(=O)C(C)(C)C(=O)C3(C)C)C21. The first-order valence-corrected chi connectivity index (χ1v) is 11.4. The number of phenolic OH excluding ortho intramolecular Hbond substituents is 2. The van der Waals surface area contributed by atoms with Gasteiger partial charge in [-0.15, -0.1) is 0 Å². The number of ether oxygens (including phenoxy) is 2. The lowest BCUT2D eigenvalue weighted by Crippen LogP contribution is -2.48. The number of benzene rings is 1. The van der Waals surface area contributed by atoms with Gasteiger partial charge in [-0.2, -0.15) is 0 Å². The number of aromatic hydroxyl groups is 2. The molecule has 0 saturated heterocycles. The first kappa shape index (κ1) is 23.3. The fourth-order valence-corrected chi connectivity index (χ4v) is 5.56. The minimum atomic E-state index is -1.43. The second-order valence-electron chi connectivity index (χ2n) is 11.2. The topological polar surface area (TPSA) is 110 Å². The largest absolute Gasteiger partial charge is 0.507 e. The second kappa shape index (κ2) is 6.84. The van der Waals surface area contributed by atoms with Crippen molar-refractivity contribution in [3.05, 3.63) is 28.5 Å². The number of carbonyl (C=O) groups excluding carboxylic acids is 3. The van der Waals surface area contributed by atoms with E-state index in [4.69, 9.17) is 9.47 Å². The Hall–Kier alpha value is -2.83. The van der Waals surface area contributed by atoms with Crippen molar-refractivity contribution in [1.82, 2.24) is 0 Å². The molecule has 2 heterocycles. The summed E-state index contributed by atoms with van der Waals surface area (Å²) in [5.41, 5.74) is -1.85. The number of allylic oxidation sites excluding steroid dienone is 1. The van der Waals surface area contributed by atoms with Crippen molar-refractivity contribution in [3.8, 4) is 17.2 Å². The van der Waals surface area contributed by atoms with Crippen LogP contribution in [0, 0.1) is 22.7 Å². The monoisotopic (exact) mass is 456 g/mol. The zero-order chi connectivity index (χ0) is 24.8. The lowest BCUT2D eigenvalue weighted by Gasteiger charge is -2.38. The van der Waals surface area contributed by atoms with E-state index in [1.807, 2.05) is 27.7 Å². The fraction of sp³-hybridized carbons (Fsp3) is 0.577. The van der Waals surface area contributed by atoms with E-state index in [1.165, 1.54) is 0 Å². The van der Waals surface area contributed by atoms with Crippen LogP contribution in [0.2, 0.25) is 0 Å². The second-order valence-corrected chi connectivity index (χ2v) is 11.2. The van der Waals surface area contributed by atoms with Gasteiger partial charge in [0.15, 0.2) is 17.3 Å². The molecule has 1 aromatic rings. The molecule has 1 aliphatic carbocycles. The van der Waals surface area contributed by atoms with Gasteiger partial charge in [0.05, 0.1) is 22.0 Å². The third-order valence-electron chi connectivity index (χ3n) is 7.22. The van der Waals surface area contributed by atoms with Gasteiger partial charge in [-0.25, -0.2) is 0 Å². The lowest BCUT2D eigenvalue weighted by atomic mass is 9.61. The number of rotatable bonds is 4. The summed E-state index contributed by atoms with van der Waals surface area (Å²) in [4.78, 5) is 39.9. The smallest absolute Gasteiger partial charge is 0.264 e. The minimum Gasteiger partial charge on any atom is -0.507 e. The summed E-state index contributed by atoms with van der Waals surface area (Å²) in [6.45, 7) is 14.1. The molecule has 7 heteroatoms. The van der Waals surface area contributed by atoms with E-state index in [2.05, 4.69) is 0 Å². The molecule has 2 N–H and O–H groups in total. The molecule has 2 unspecified atom stereocenters. The molecular formula is C26H32O7. The molecule has 0 bridgehead atoms. The van der Waals surface area contributed by atoms with Crippen LogP contribution in [0.15, 0.2) is 17.4 Å². The molecule has 0 aromatic heterocycles. The Morgan fingerprint density at radius 1 is 1.00 bits per heavy atom. The number of hydrogen-bond acceptors (Lipinski definition) is 7. The molecule has 0 amide bonds. The predicted molar refractivity (Wildman–Crippen MR) is 120 cm³/mol. The van der Waals surface area contributed by atoms with Crippen LogP contribution in [0.25, 0.3) is 0 Å². The van der Waals surface area contributed by atoms with Gasteiger partial charge >= 0.3 is 0 Å². The minimum absolute atomic E-state index is 0.0190. The third-order valence-corrected chi connectivity index (χ3v) is 7.22. The highest BCUT2D eigenvalue weighted by Gasteiger charge is 2.69. The highest BCUT2D eigenvalue weighted by atomic mass is 16.7. The van der Waals surface area contributed by atoms with Gasteiger partial charge in [-0.3, -0.25) is 14.4 Å². The molecular weight excluding hydrogens is 424 g/mol. The molecule has 0 radical (unpaired) electrons. The summed E-state index contributed by atoms with van der Waals surface area (Å²) in [5.74, 6) is -3.87. The van der Waals surface area contributed by atoms with Crippen LogP contribution in [0.4, 0.5) is 0 Å². The van der Waals surface area contributed by atoms with Crippen LogP contribution in [-0.2, 0) is 14.3 Å². The third kappa shape index (κ3) is 2.83. The van der Waals surface area contributed by atoms with Crippen molar-refractivity contribution in [2.75, 3.05) is 0 Å². The number of fused-ring (bicyclic) bond motifs is 4. The molecule has 3 aliphatic rings. The summed E-state index contributed by atoms with van der Waals surface area (Å²) < 4.78 is 12.7. The van der Waals surface area contributed by atoms with Gasteiger partial charge in [0.2, 0.25) is 0 Å². The Balaban J connectivity index is 2.03. The maximum atomic E-state index is 13.7. The predicted octanol–water partition coefficient (Wildman–Crippen LogP) is 4.64. The first-order valence-electron chi connectivity index (χ1n) is 11.4. The molecule has 7 nitrogen and oxygen atoms in total. The van der Waals surface area contributed by atoms with Gasteiger partial charge in [-0.05, 0) is 33.6 Å². The Morgan fingerprint density at radius 2 is 1.61 bits per heavy atom. The van der Waals surface area contributed by atoms with Crippen molar-refractivity contribution in [2.24, 2.45) is 22.7 Å². The van der Waals surface area contributed by atoms with Crippen LogP contribution in [0.3, 0.4) is 0 Å². The fourth-order valence-electron chi connectivity index (χ4n) is 5.56. The standard InChI is InChI=1S/C26H32O7/c1-11(2)9-13(27)16-14(28)10-15(29)17-19-18-21(30)24(5,6)23(31)25(7,8)22(18)33-26(19,12(3)4)32-20(16)17/h10-12,19,28-29H,9H2,1-8H3. The molecule has 1 aromatic carbocycles. The van der Waals surface area contributed by atoms with Crippen LogP contribution >= 0.6 is 0 Å². The number of phenols is 2. The van der Waals surface area contributed by atoms with E-state index < -0.39 is 22.5 Å². The van der Waals surface area contributed by atoms with E-state index in [0.29, 0.717) is 5.57 Å². The van der Waals surface area contributed by atoms with Crippen molar-refractivity contribution in [1.29, 1.82) is 0 Å². The maximum absolute atomic E-state index is 13.7. The van der Waals surface area contributed by atoms with E-state index in [9.17, 15) is 24.6 Å². The van der Waals surface area contributed by atoms with Crippen LogP contribution in [0.1, 0.15) is 83.7 Å². The molecule has 2 atom stereocenters. The summed E-state index contributed by atoms with van der Waals surface area (Å²) >= 11 is 0. The number of hydrogen-bond donors (Lipinski definition) is 2. The highest BCUT2D eigenvalue weighted by Crippen LogP contribution is 2.66.